The van der Waals surface area contributed by atoms with E-state index in [0.717, 1.165) is 30.4 Å². The van der Waals surface area contributed by atoms with E-state index < -0.39 is 27.5 Å². The van der Waals surface area contributed by atoms with E-state index in [2.05, 4.69) is 16.7 Å². The third-order valence-corrected chi connectivity index (χ3v) is 9.08. The van der Waals surface area contributed by atoms with Crippen molar-refractivity contribution in [2.45, 2.75) is 82.8 Å². The molecular formula is C27H35N3O4S. The second-order valence-electron chi connectivity index (χ2n) is 10.6. The van der Waals surface area contributed by atoms with Crippen molar-refractivity contribution >= 4 is 21.8 Å². The zero-order chi connectivity index (χ0) is 25.5. The van der Waals surface area contributed by atoms with Crippen LogP contribution in [0, 0.1) is 20.8 Å². The SMILES string of the molecule is Cc1cc(C)c(S(=O)(=O)N2CC(C)(C)NC(=O)C2CC(=O)NC2CCCc3ccccc32)c(C)c1. The van der Waals surface area contributed by atoms with Crippen molar-refractivity contribution in [3.63, 3.8) is 0 Å². The van der Waals surface area contributed by atoms with Gasteiger partial charge in [0, 0.05) is 12.1 Å². The molecule has 0 aromatic heterocycles. The molecule has 2 N–H and O–H groups in total. The van der Waals surface area contributed by atoms with Crippen molar-refractivity contribution in [3.05, 3.63) is 64.2 Å². The molecule has 35 heavy (non-hydrogen) atoms. The molecule has 7 nitrogen and oxygen atoms in total. The number of fused-ring (bicyclic) bond motifs is 1. The molecule has 1 aliphatic carbocycles. The van der Waals surface area contributed by atoms with E-state index in [9.17, 15) is 18.0 Å². The van der Waals surface area contributed by atoms with Gasteiger partial charge in [-0.05, 0) is 76.1 Å². The molecule has 0 saturated carbocycles. The van der Waals surface area contributed by atoms with Crippen molar-refractivity contribution in [3.8, 4) is 0 Å². The van der Waals surface area contributed by atoms with Gasteiger partial charge in [0.1, 0.15) is 6.04 Å². The molecule has 2 unspecified atom stereocenters. The Kier molecular flexibility index (Phi) is 6.81. The summed E-state index contributed by atoms with van der Waals surface area (Å²) in [7, 11) is -4.03. The lowest BCUT2D eigenvalue weighted by Crippen LogP contribution is -2.66. The number of carbonyl (C=O) groups excluding carboxylic acids is 2. The van der Waals surface area contributed by atoms with E-state index in [1.54, 1.807) is 27.7 Å². The number of sulfonamides is 1. The summed E-state index contributed by atoms with van der Waals surface area (Å²) >= 11 is 0. The zero-order valence-corrected chi connectivity index (χ0v) is 22.0. The minimum absolute atomic E-state index is 0.0814. The minimum atomic E-state index is -4.03. The number of hydrogen-bond acceptors (Lipinski definition) is 4. The van der Waals surface area contributed by atoms with Gasteiger partial charge >= 0.3 is 0 Å². The Hall–Kier alpha value is -2.71. The number of amides is 2. The maximum atomic E-state index is 13.9. The zero-order valence-electron chi connectivity index (χ0n) is 21.1. The quantitative estimate of drug-likeness (QED) is 0.661. The highest BCUT2D eigenvalue weighted by Gasteiger charge is 2.46. The second-order valence-corrected chi connectivity index (χ2v) is 12.4. The largest absolute Gasteiger partial charge is 0.349 e. The highest BCUT2D eigenvalue weighted by molar-refractivity contribution is 7.89. The van der Waals surface area contributed by atoms with Crippen molar-refractivity contribution in [2.75, 3.05) is 6.54 Å². The Bertz CT molecular complexity index is 1250. The molecule has 1 saturated heterocycles. The number of piperazine rings is 1. The summed E-state index contributed by atoms with van der Waals surface area (Å²) in [6, 6.07) is 10.5. The van der Waals surface area contributed by atoms with Crippen LogP contribution in [0.25, 0.3) is 0 Å². The summed E-state index contributed by atoms with van der Waals surface area (Å²) in [5.74, 6) is -0.782. The van der Waals surface area contributed by atoms with Crippen molar-refractivity contribution in [1.82, 2.24) is 14.9 Å². The smallest absolute Gasteiger partial charge is 0.244 e. The van der Waals surface area contributed by atoms with Crippen LogP contribution in [0.4, 0.5) is 0 Å². The molecule has 8 heteroatoms. The van der Waals surface area contributed by atoms with Gasteiger partial charge in [-0.2, -0.15) is 4.31 Å². The Morgan fingerprint density at radius 3 is 2.49 bits per heavy atom. The maximum Gasteiger partial charge on any atom is 0.244 e. The standard InChI is InChI=1S/C27H35N3O4S/c1-17-13-18(2)25(19(3)14-17)35(33,34)30-16-27(4,5)29-26(32)23(30)15-24(31)28-22-12-8-10-20-9-6-7-11-21(20)22/h6-7,9,11,13-14,22-23H,8,10,12,15-16H2,1-5H3,(H,28,31)(H,29,32). The predicted octanol–water partition coefficient (Wildman–Crippen LogP) is 3.46. The van der Waals surface area contributed by atoms with Crippen molar-refractivity contribution in [2.24, 2.45) is 0 Å². The van der Waals surface area contributed by atoms with Gasteiger partial charge in [-0.1, -0.05) is 42.0 Å². The van der Waals surface area contributed by atoms with Crippen LogP contribution < -0.4 is 10.6 Å². The summed E-state index contributed by atoms with van der Waals surface area (Å²) in [5, 5.41) is 5.96. The molecular weight excluding hydrogens is 462 g/mol. The number of nitrogens with one attached hydrogen (secondary N) is 2. The summed E-state index contributed by atoms with van der Waals surface area (Å²) in [5.41, 5.74) is 3.79. The van der Waals surface area contributed by atoms with Gasteiger partial charge in [0.05, 0.1) is 17.4 Å². The molecule has 1 aliphatic heterocycles. The molecule has 2 amide bonds. The lowest BCUT2D eigenvalue weighted by Gasteiger charge is -2.43. The average Bonchev–Trinajstić information content (AvgIpc) is 2.74. The highest BCUT2D eigenvalue weighted by Crippen LogP contribution is 2.32. The summed E-state index contributed by atoms with van der Waals surface area (Å²) in [4.78, 5) is 26.5. The first-order valence-corrected chi connectivity index (χ1v) is 13.6. The minimum Gasteiger partial charge on any atom is -0.349 e. The van der Waals surface area contributed by atoms with Gasteiger partial charge in [0.2, 0.25) is 21.8 Å². The van der Waals surface area contributed by atoms with Crippen LogP contribution in [0.2, 0.25) is 0 Å². The van der Waals surface area contributed by atoms with Crippen LogP contribution in [-0.4, -0.2) is 42.7 Å². The normalized spacial score (nSPS) is 22.3. The number of benzene rings is 2. The molecule has 1 heterocycles. The first kappa shape index (κ1) is 25.4. The number of aryl methyl sites for hydroxylation is 4. The third-order valence-electron chi connectivity index (χ3n) is 6.92. The molecule has 2 aliphatic rings. The fourth-order valence-electron chi connectivity index (χ4n) is 5.56. The van der Waals surface area contributed by atoms with E-state index >= 15 is 0 Å². The Labute approximate surface area is 208 Å². The van der Waals surface area contributed by atoms with Crippen LogP contribution in [0.5, 0.6) is 0 Å². The van der Waals surface area contributed by atoms with Gasteiger partial charge in [-0.25, -0.2) is 8.42 Å². The predicted molar refractivity (Wildman–Crippen MR) is 135 cm³/mol. The monoisotopic (exact) mass is 497 g/mol. The van der Waals surface area contributed by atoms with Crippen LogP contribution in [0.3, 0.4) is 0 Å². The van der Waals surface area contributed by atoms with Gasteiger partial charge in [-0.15, -0.1) is 0 Å². The molecule has 0 radical (unpaired) electrons. The molecule has 0 bridgehead atoms. The lowest BCUT2D eigenvalue weighted by molar-refractivity contribution is -0.134. The van der Waals surface area contributed by atoms with E-state index in [-0.39, 0.29) is 29.8 Å². The van der Waals surface area contributed by atoms with E-state index in [4.69, 9.17) is 0 Å². The van der Waals surface area contributed by atoms with Gasteiger partial charge in [0.25, 0.3) is 0 Å². The van der Waals surface area contributed by atoms with Crippen LogP contribution in [0.1, 0.15) is 67.0 Å². The Balaban J connectivity index is 1.63. The number of carbonyl (C=O) groups is 2. The summed E-state index contributed by atoms with van der Waals surface area (Å²) < 4.78 is 29.1. The molecule has 2 aromatic rings. The highest BCUT2D eigenvalue weighted by atomic mass is 32.2. The molecule has 0 spiro atoms. The van der Waals surface area contributed by atoms with Crippen molar-refractivity contribution < 1.29 is 18.0 Å². The summed E-state index contributed by atoms with van der Waals surface area (Å²) in [6.07, 6.45) is 2.52. The van der Waals surface area contributed by atoms with E-state index in [1.165, 1.54) is 9.87 Å². The van der Waals surface area contributed by atoms with Crippen LogP contribution in [-0.2, 0) is 26.0 Å². The molecule has 4 rings (SSSR count). The molecule has 2 atom stereocenters. The summed E-state index contributed by atoms with van der Waals surface area (Å²) in [6.45, 7) is 9.12. The van der Waals surface area contributed by atoms with Gasteiger partial charge in [0.15, 0.2) is 0 Å². The third kappa shape index (κ3) is 5.14. The Morgan fingerprint density at radius 2 is 1.80 bits per heavy atom. The Morgan fingerprint density at radius 1 is 1.14 bits per heavy atom. The maximum absolute atomic E-state index is 13.9. The number of hydrogen-bond donors (Lipinski definition) is 2. The number of rotatable bonds is 5. The topological polar surface area (TPSA) is 95.6 Å². The van der Waals surface area contributed by atoms with Crippen molar-refractivity contribution in [1.29, 1.82) is 0 Å². The lowest BCUT2D eigenvalue weighted by atomic mass is 9.87. The van der Waals surface area contributed by atoms with Gasteiger partial charge in [-0.3, -0.25) is 9.59 Å². The fourth-order valence-corrected chi connectivity index (χ4v) is 7.72. The van der Waals surface area contributed by atoms with Crippen LogP contribution in [0.15, 0.2) is 41.3 Å². The first-order chi connectivity index (χ1) is 16.4. The number of nitrogens with zero attached hydrogens (tertiary/aromatic N) is 1. The molecule has 188 valence electrons. The average molecular weight is 498 g/mol. The van der Waals surface area contributed by atoms with Crippen LogP contribution >= 0.6 is 0 Å². The molecule has 2 aromatic carbocycles. The van der Waals surface area contributed by atoms with E-state index in [0.29, 0.717) is 11.1 Å². The first-order valence-electron chi connectivity index (χ1n) is 12.2. The second kappa shape index (κ2) is 9.39. The fraction of sp³-hybridized carbons (Fsp3) is 0.481. The van der Waals surface area contributed by atoms with Gasteiger partial charge < -0.3 is 10.6 Å². The molecule has 1 fully saturated rings. The van der Waals surface area contributed by atoms with E-state index in [1.807, 2.05) is 37.3 Å².